The molecule has 3 heteroatoms. The van der Waals surface area contributed by atoms with Gasteiger partial charge in [-0.05, 0) is 24.3 Å². The summed E-state index contributed by atoms with van der Waals surface area (Å²) in [7, 11) is 0. The van der Waals surface area contributed by atoms with E-state index in [2.05, 4.69) is 27.6 Å². The minimum Gasteiger partial charge on any atom is -0.298 e. The van der Waals surface area contributed by atoms with Gasteiger partial charge in [-0.15, -0.1) is 0 Å². The Balaban J connectivity index is 2.17. The van der Waals surface area contributed by atoms with Crippen molar-refractivity contribution in [3.8, 4) is 11.3 Å². The van der Waals surface area contributed by atoms with Gasteiger partial charge in [0.1, 0.15) is 5.52 Å². The maximum absolute atomic E-state index is 4.76. The molecule has 3 aromatic heterocycles. The summed E-state index contributed by atoms with van der Waals surface area (Å²) in [5.41, 5.74) is 4.99. The normalized spacial score (nSPS) is 11.2. The molecule has 3 heterocycles. The van der Waals surface area contributed by atoms with Crippen LogP contribution in [0.1, 0.15) is 0 Å². The molecule has 0 fully saturated rings. The zero-order valence-electron chi connectivity index (χ0n) is 10.2. The smallest absolute Gasteiger partial charge is 0.163 e. The number of nitrogens with zero attached hydrogens (tertiary/aromatic N) is 3. The molecule has 0 N–H and O–H groups in total. The molecule has 0 spiro atoms. The fraction of sp³-hybridized carbons (Fsp3) is 0. The average Bonchev–Trinajstić information content (AvgIpc) is 2.97. The molecule has 0 saturated carbocycles. The van der Waals surface area contributed by atoms with Crippen molar-refractivity contribution < 1.29 is 0 Å². The summed E-state index contributed by atoms with van der Waals surface area (Å²) in [5, 5.41) is 0. The number of fused-ring (bicyclic) bond motifs is 3. The summed E-state index contributed by atoms with van der Waals surface area (Å²) in [6.45, 7) is 0. The maximum Gasteiger partial charge on any atom is 0.163 e. The van der Waals surface area contributed by atoms with E-state index in [1.807, 2.05) is 42.6 Å². The molecular formula is C16H11N3. The van der Waals surface area contributed by atoms with E-state index in [1.165, 1.54) is 0 Å². The standard InChI is InChI=1S/C16H11N3/c1-2-6-12(7-3-1)15-14-9-5-11-19(14)16-13(18-15)8-4-10-17-16/h1-11H. The number of hydrogen-bond donors (Lipinski definition) is 0. The zero-order valence-corrected chi connectivity index (χ0v) is 10.2. The Morgan fingerprint density at radius 2 is 1.74 bits per heavy atom. The average molecular weight is 245 g/mol. The van der Waals surface area contributed by atoms with Gasteiger partial charge in [-0.3, -0.25) is 4.40 Å². The maximum atomic E-state index is 4.76. The molecule has 0 unspecified atom stereocenters. The van der Waals surface area contributed by atoms with Crippen LogP contribution in [0, 0.1) is 0 Å². The zero-order chi connectivity index (χ0) is 12.7. The third-order valence-electron chi connectivity index (χ3n) is 3.27. The predicted molar refractivity (Wildman–Crippen MR) is 75.9 cm³/mol. The topological polar surface area (TPSA) is 30.2 Å². The van der Waals surface area contributed by atoms with Crippen LogP contribution in [-0.2, 0) is 0 Å². The minimum atomic E-state index is 0.891. The third-order valence-corrected chi connectivity index (χ3v) is 3.27. The molecule has 0 saturated heterocycles. The van der Waals surface area contributed by atoms with E-state index < -0.39 is 0 Å². The van der Waals surface area contributed by atoms with Crippen molar-refractivity contribution in [2.24, 2.45) is 0 Å². The Labute approximate surface area is 110 Å². The number of hydrogen-bond acceptors (Lipinski definition) is 2. The molecule has 0 aliphatic carbocycles. The van der Waals surface area contributed by atoms with Gasteiger partial charge in [-0.25, -0.2) is 9.97 Å². The highest BCUT2D eigenvalue weighted by Crippen LogP contribution is 2.25. The molecule has 0 amide bonds. The van der Waals surface area contributed by atoms with Gasteiger partial charge in [0, 0.05) is 18.0 Å². The van der Waals surface area contributed by atoms with Crippen LogP contribution in [0.15, 0.2) is 67.0 Å². The van der Waals surface area contributed by atoms with Gasteiger partial charge in [0.2, 0.25) is 0 Å². The predicted octanol–water partition coefficient (Wildman–Crippen LogP) is 3.55. The second kappa shape index (κ2) is 3.92. The second-order valence-electron chi connectivity index (χ2n) is 4.44. The summed E-state index contributed by atoms with van der Waals surface area (Å²) in [4.78, 5) is 9.18. The summed E-state index contributed by atoms with van der Waals surface area (Å²) >= 11 is 0. The van der Waals surface area contributed by atoms with Gasteiger partial charge in [-0.1, -0.05) is 30.3 Å². The number of aromatic nitrogens is 3. The Hall–Kier alpha value is -2.68. The van der Waals surface area contributed by atoms with Crippen molar-refractivity contribution in [3.05, 3.63) is 67.0 Å². The molecule has 19 heavy (non-hydrogen) atoms. The number of rotatable bonds is 1. The lowest BCUT2D eigenvalue weighted by atomic mass is 10.1. The fourth-order valence-corrected chi connectivity index (χ4v) is 2.41. The largest absolute Gasteiger partial charge is 0.298 e. The Bertz CT molecular complexity index is 863. The summed E-state index contributed by atoms with van der Waals surface area (Å²) < 4.78 is 2.09. The van der Waals surface area contributed by atoms with Gasteiger partial charge in [0.05, 0.1) is 11.2 Å². The first-order valence-corrected chi connectivity index (χ1v) is 6.21. The van der Waals surface area contributed by atoms with Gasteiger partial charge in [-0.2, -0.15) is 0 Å². The van der Waals surface area contributed by atoms with E-state index in [9.17, 15) is 0 Å². The lowest BCUT2D eigenvalue weighted by Gasteiger charge is -2.07. The van der Waals surface area contributed by atoms with Crippen LogP contribution in [0.3, 0.4) is 0 Å². The van der Waals surface area contributed by atoms with E-state index in [4.69, 9.17) is 4.98 Å². The van der Waals surface area contributed by atoms with Crippen LogP contribution in [0.4, 0.5) is 0 Å². The Kier molecular flexibility index (Phi) is 2.12. The molecule has 0 aliphatic heterocycles. The van der Waals surface area contributed by atoms with Crippen molar-refractivity contribution in [3.63, 3.8) is 0 Å². The van der Waals surface area contributed by atoms with E-state index >= 15 is 0 Å². The van der Waals surface area contributed by atoms with Crippen LogP contribution < -0.4 is 0 Å². The summed E-state index contributed by atoms with van der Waals surface area (Å²) in [6, 6.07) is 18.2. The Morgan fingerprint density at radius 1 is 0.842 bits per heavy atom. The molecule has 0 atom stereocenters. The molecule has 3 nitrogen and oxygen atoms in total. The highest BCUT2D eigenvalue weighted by Gasteiger charge is 2.09. The first-order valence-electron chi connectivity index (χ1n) is 6.21. The minimum absolute atomic E-state index is 0.891. The Morgan fingerprint density at radius 3 is 2.63 bits per heavy atom. The van der Waals surface area contributed by atoms with Gasteiger partial charge >= 0.3 is 0 Å². The lowest BCUT2D eigenvalue weighted by molar-refractivity contribution is 1.17. The fourth-order valence-electron chi connectivity index (χ4n) is 2.41. The molecule has 0 bridgehead atoms. The lowest BCUT2D eigenvalue weighted by Crippen LogP contribution is -1.96. The second-order valence-corrected chi connectivity index (χ2v) is 4.44. The molecule has 90 valence electrons. The highest BCUT2D eigenvalue weighted by atomic mass is 15.0. The molecule has 1 aromatic carbocycles. The van der Waals surface area contributed by atoms with Crippen molar-refractivity contribution in [2.75, 3.05) is 0 Å². The molecule has 4 rings (SSSR count). The SMILES string of the molecule is c1ccc(-c2nc3cccnc3n3cccc23)cc1. The number of pyridine rings is 1. The van der Waals surface area contributed by atoms with Crippen LogP contribution in [0.5, 0.6) is 0 Å². The summed E-state index contributed by atoms with van der Waals surface area (Å²) in [5.74, 6) is 0. The monoisotopic (exact) mass is 245 g/mol. The summed E-state index contributed by atoms with van der Waals surface area (Å²) in [6.07, 6.45) is 3.82. The molecule has 0 radical (unpaired) electrons. The van der Waals surface area contributed by atoms with Crippen LogP contribution >= 0.6 is 0 Å². The van der Waals surface area contributed by atoms with Crippen molar-refractivity contribution >= 4 is 16.7 Å². The van der Waals surface area contributed by atoms with Crippen LogP contribution in [-0.4, -0.2) is 14.4 Å². The van der Waals surface area contributed by atoms with E-state index in [0.717, 1.165) is 27.9 Å². The van der Waals surface area contributed by atoms with Gasteiger partial charge in [0.15, 0.2) is 5.65 Å². The van der Waals surface area contributed by atoms with E-state index in [1.54, 1.807) is 6.20 Å². The first kappa shape index (κ1) is 10.3. The molecular weight excluding hydrogens is 234 g/mol. The first-order chi connectivity index (χ1) is 9.43. The number of benzene rings is 1. The van der Waals surface area contributed by atoms with Gasteiger partial charge < -0.3 is 0 Å². The van der Waals surface area contributed by atoms with E-state index in [-0.39, 0.29) is 0 Å². The molecule has 4 aromatic rings. The van der Waals surface area contributed by atoms with Gasteiger partial charge in [0.25, 0.3) is 0 Å². The van der Waals surface area contributed by atoms with Crippen LogP contribution in [0.25, 0.3) is 27.9 Å². The third kappa shape index (κ3) is 1.52. The van der Waals surface area contributed by atoms with E-state index in [0.29, 0.717) is 0 Å². The highest BCUT2D eigenvalue weighted by molar-refractivity contribution is 5.85. The van der Waals surface area contributed by atoms with Crippen molar-refractivity contribution in [1.29, 1.82) is 0 Å². The quantitative estimate of drug-likeness (QED) is 0.513. The molecule has 0 aliphatic rings. The van der Waals surface area contributed by atoms with Crippen LogP contribution in [0.2, 0.25) is 0 Å². The van der Waals surface area contributed by atoms with Crippen molar-refractivity contribution in [1.82, 2.24) is 14.4 Å². The van der Waals surface area contributed by atoms with Crippen molar-refractivity contribution in [2.45, 2.75) is 0 Å².